The average Bonchev–Trinajstić information content (AvgIpc) is 2.22. The molecule has 0 aromatic carbocycles. The van der Waals surface area contributed by atoms with Crippen LogP contribution in [0.15, 0.2) is 0 Å². The van der Waals surface area contributed by atoms with Crippen LogP contribution in [-0.4, -0.2) is 18.2 Å². The molecule has 2 heterocycles. The Morgan fingerprint density at radius 3 is 2.85 bits per heavy atom. The second-order valence-electron chi connectivity index (χ2n) is 2.34. The lowest BCUT2D eigenvalue weighted by molar-refractivity contribution is 0.216. The molecule has 0 unspecified atom stereocenters. The topological polar surface area (TPSA) is 122 Å². The summed E-state index contributed by atoms with van der Waals surface area (Å²) in [6.45, 7) is -0.335. The Hall–Kier alpha value is -1.48. The van der Waals surface area contributed by atoms with Gasteiger partial charge in [-0.1, -0.05) is 0 Å². The maximum absolute atomic E-state index is 10.8. The molecule has 0 saturated heterocycles. The lowest BCUT2D eigenvalue weighted by atomic mass is 10.5. The molecule has 72 valence electrons. The van der Waals surface area contributed by atoms with Crippen molar-refractivity contribution in [3.8, 4) is 5.88 Å². The zero-order valence-electron chi connectivity index (χ0n) is 6.30. The van der Waals surface area contributed by atoms with Crippen molar-refractivity contribution in [2.75, 3.05) is 11.5 Å². The minimum Gasteiger partial charge on any atom is -0.391 e. The first-order chi connectivity index (χ1) is 5.99. The van der Waals surface area contributed by atoms with Gasteiger partial charge in [-0.2, -0.15) is 8.42 Å². The molecule has 2 bridgehead atoms. The monoisotopic (exact) mass is 206 g/mol. The van der Waals surface area contributed by atoms with E-state index in [-0.39, 0.29) is 24.1 Å². The summed E-state index contributed by atoms with van der Waals surface area (Å²) in [5, 5.41) is 3.64. The molecular weight excluding hydrogens is 200 g/mol. The Morgan fingerprint density at radius 2 is 2.15 bits per heavy atom. The quantitative estimate of drug-likeness (QED) is 0.538. The van der Waals surface area contributed by atoms with Gasteiger partial charge in [0.1, 0.15) is 5.69 Å². The number of aromatic nitrogens is 2. The number of anilines is 2. The summed E-state index contributed by atoms with van der Waals surface area (Å²) < 4.78 is 31.5. The normalized spacial score (nSPS) is 19.1. The minimum absolute atomic E-state index is 0.00752. The van der Waals surface area contributed by atoms with Crippen LogP contribution in [0.3, 0.4) is 0 Å². The van der Waals surface area contributed by atoms with Gasteiger partial charge in [0.05, 0.1) is 0 Å². The van der Waals surface area contributed by atoms with Gasteiger partial charge >= 0.3 is 10.4 Å². The number of hydrogen-bond donors (Lipinski definition) is 2. The number of nitrogen functional groups attached to an aromatic ring is 2. The maximum atomic E-state index is 10.8. The Kier molecular flexibility index (Phi) is 1.42. The zero-order chi connectivity index (χ0) is 9.64. The van der Waals surface area contributed by atoms with Crippen LogP contribution in [0.4, 0.5) is 11.5 Å². The molecule has 1 aromatic rings. The summed E-state index contributed by atoms with van der Waals surface area (Å²) >= 11 is 0. The molecule has 0 amide bonds. The van der Waals surface area contributed by atoms with E-state index < -0.39 is 10.4 Å². The lowest BCUT2D eigenvalue weighted by Crippen LogP contribution is -2.16. The van der Waals surface area contributed by atoms with Gasteiger partial charge in [0.15, 0.2) is 12.5 Å². The van der Waals surface area contributed by atoms with Crippen LogP contribution in [0.5, 0.6) is 5.88 Å². The van der Waals surface area contributed by atoms with Crippen LogP contribution in [0.25, 0.3) is 0 Å². The van der Waals surface area contributed by atoms with E-state index in [1.807, 2.05) is 0 Å². The third-order valence-corrected chi connectivity index (χ3v) is 2.25. The number of nitrogens with two attached hydrogens (primary N) is 2. The predicted molar refractivity (Wildman–Crippen MR) is 41.7 cm³/mol. The van der Waals surface area contributed by atoms with Gasteiger partial charge in [-0.15, -0.1) is 5.10 Å². The highest BCUT2D eigenvalue weighted by Crippen LogP contribution is 2.30. The molecule has 0 aliphatic carbocycles. The maximum Gasteiger partial charge on any atom is 0.452 e. The Labute approximate surface area is 73.3 Å². The number of rotatable bonds is 0. The van der Waals surface area contributed by atoms with Crippen molar-refractivity contribution in [3.63, 3.8) is 0 Å². The second-order valence-corrected chi connectivity index (χ2v) is 3.56. The van der Waals surface area contributed by atoms with Gasteiger partial charge in [-0.05, 0) is 0 Å². The first kappa shape index (κ1) is 8.13. The van der Waals surface area contributed by atoms with E-state index in [1.165, 1.54) is 0 Å². The van der Waals surface area contributed by atoms with Crippen molar-refractivity contribution in [2.24, 2.45) is 0 Å². The third-order valence-electron chi connectivity index (χ3n) is 1.50. The molecule has 4 N–H and O–H groups in total. The SMILES string of the molecule is Nc1c2nn(c1N)COS(=O)(=O)O2. The van der Waals surface area contributed by atoms with Gasteiger partial charge in [-0.25, -0.2) is 8.86 Å². The molecule has 1 aromatic heterocycles. The molecule has 13 heavy (non-hydrogen) atoms. The van der Waals surface area contributed by atoms with Crippen molar-refractivity contribution >= 4 is 21.9 Å². The number of fused-ring (bicyclic) bond motifs is 2. The molecular formula is C4H6N4O4S. The van der Waals surface area contributed by atoms with Crippen LogP contribution >= 0.6 is 0 Å². The molecule has 0 saturated carbocycles. The molecule has 8 nitrogen and oxygen atoms in total. The van der Waals surface area contributed by atoms with Crippen molar-refractivity contribution in [1.29, 1.82) is 0 Å². The van der Waals surface area contributed by atoms with Crippen LogP contribution in [0.2, 0.25) is 0 Å². The summed E-state index contributed by atoms with van der Waals surface area (Å²) in [5.74, 6) is -0.139. The molecule has 0 radical (unpaired) electrons. The fraction of sp³-hybridized carbons (Fsp3) is 0.250. The molecule has 0 atom stereocenters. The van der Waals surface area contributed by atoms with Crippen molar-refractivity contribution in [3.05, 3.63) is 0 Å². The summed E-state index contributed by atoms with van der Waals surface area (Å²) in [7, 11) is -4.05. The summed E-state index contributed by atoms with van der Waals surface area (Å²) in [6.07, 6.45) is 0. The van der Waals surface area contributed by atoms with Crippen LogP contribution in [-0.2, 0) is 21.3 Å². The van der Waals surface area contributed by atoms with Gasteiger partial charge in [0.25, 0.3) is 5.88 Å². The molecule has 9 heteroatoms. The number of nitrogens with zero attached hydrogens (tertiary/aromatic N) is 2. The summed E-state index contributed by atoms with van der Waals surface area (Å²) in [6, 6.07) is 0. The van der Waals surface area contributed by atoms with Crippen molar-refractivity contribution in [1.82, 2.24) is 9.78 Å². The van der Waals surface area contributed by atoms with Crippen LogP contribution in [0.1, 0.15) is 0 Å². The molecule has 1 aliphatic rings. The zero-order valence-corrected chi connectivity index (χ0v) is 7.11. The second kappa shape index (κ2) is 2.26. The molecule has 1 aliphatic heterocycles. The summed E-state index contributed by atoms with van der Waals surface area (Å²) in [4.78, 5) is 0. The molecule has 2 rings (SSSR count). The van der Waals surface area contributed by atoms with E-state index in [2.05, 4.69) is 13.5 Å². The molecule has 0 fully saturated rings. The Bertz CT molecular complexity index is 449. The van der Waals surface area contributed by atoms with E-state index in [4.69, 9.17) is 11.5 Å². The van der Waals surface area contributed by atoms with E-state index in [0.29, 0.717) is 0 Å². The average molecular weight is 206 g/mol. The van der Waals surface area contributed by atoms with E-state index >= 15 is 0 Å². The van der Waals surface area contributed by atoms with Crippen LogP contribution in [0, 0.1) is 0 Å². The van der Waals surface area contributed by atoms with Gasteiger partial charge in [0, 0.05) is 0 Å². The van der Waals surface area contributed by atoms with Crippen molar-refractivity contribution < 1.29 is 16.8 Å². The van der Waals surface area contributed by atoms with Crippen LogP contribution < -0.4 is 15.7 Å². The van der Waals surface area contributed by atoms with Gasteiger partial charge < -0.3 is 15.7 Å². The Morgan fingerprint density at radius 1 is 1.46 bits per heavy atom. The minimum atomic E-state index is -4.05. The predicted octanol–water partition coefficient (Wildman–Crippen LogP) is -1.34. The third kappa shape index (κ3) is 1.17. The van der Waals surface area contributed by atoms with E-state index in [1.54, 1.807) is 0 Å². The molecule has 0 spiro atoms. The summed E-state index contributed by atoms with van der Waals surface area (Å²) in [5.41, 5.74) is 10.8. The highest BCUT2D eigenvalue weighted by molar-refractivity contribution is 7.82. The smallest absolute Gasteiger partial charge is 0.391 e. The standard InChI is InChI=1S/C4H6N4O4S/c5-2-3(6)8-1-11-13(9,10)12-4(2)7-8/h1,5-6H2. The van der Waals surface area contributed by atoms with Crippen molar-refractivity contribution in [2.45, 2.75) is 6.73 Å². The largest absolute Gasteiger partial charge is 0.452 e. The first-order valence-corrected chi connectivity index (χ1v) is 4.53. The van der Waals surface area contributed by atoms with Gasteiger partial charge in [-0.3, -0.25) is 0 Å². The highest BCUT2D eigenvalue weighted by Gasteiger charge is 2.26. The number of hydrogen-bond acceptors (Lipinski definition) is 7. The first-order valence-electron chi connectivity index (χ1n) is 3.20. The fourth-order valence-corrected chi connectivity index (χ4v) is 1.45. The van der Waals surface area contributed by atoms with Gasteiger partial charge in [0.2, 0.25) is 0 Å². The Balaban J connectivity index is 2.57. The van der Waals surface area contributed by atoms with E-state index in [9.17, 15) is 8.42 Å². The van der Waals surface area contributed by atoms with E-state index in [0.717, 1.165) is 4.68 Å². The highest BCUT2D eigenvalue weighted by atomic mass is 32.3. The fourth-order valence-electron chi connectivity index (χ4n) is 0.861. The lowest BCUT2D eigenvalue weighted by Gasteiger charge is -2.05.